The van der Waals surface area contributed by atoms with Gasteiger partial charge in [0.2, 0.25) is 5.91 Å². The molecule has 0 aromatic rings. The van der Waals surface area contributed by atoms with E-state index >= 15 is 0 Å². The van der Waals surface area contributed by atoms with E-state index in [4.69, 9.17) is 5.73 Å². The Morgan fingerprint density at radius 1 is 1.39 bits per heavy atom. The van der Waals surface area contributed by atoms with Gasteiger partial charge >= 0.3 is 0 Å². The lowest BCUT2D eigenvalue weighted by Crippen LogP contribution is -2.47. The first kappa shape index (κ1) is 15.5. The standard InChI is InChI=1S/C12H22N4O.HI/c13-12(14-7-9-3-1-4-9)15-8-10-5-2-6-11(17)16-10;/h9-10H,1-8H2,(H,16,17)(H3,13,14,15);1H. The zero-order valence-corrected chi connectivity index (χ0v) is 13.0. The molecule has 1 aliphatic heterocycles. The summed E-state index contributed by atoms with van der Waals surface area (Å²) in [5.41, 5.74) is 5.78. The summed E-state index contributed by atoms with van der Waals surface area (Å²) in [6.07, 6.45) is 6.56. The number of nitrogens with zero attached hydrogens (tertiary/aromatic N) is 1. The van der Waals surface area contributed by atoms with Crippen LogP contribution in [0.15, 0.2) is 4.99 Å². The van der Waals surface area contributed by atoms with Crippen LogP contribution < -0.4 is 16.4 Å². The molecule has 2 aliphatic rings. The number of carbonyl (C=O) groups is 1. The fourth-order valence-electron chi connectivity index (χ4n) is 2.22. The number of aliphatic imine (C=N–C) groups is 1. The van der Waals surface area contributed by atoms with Crippen molar-refractivity contribution >= 4 is 35.8 Å². The Bertz CT molecular complexity index is 304. The molecular formula is C12H23IN4O. The van der Waals surface area contributed by atoms with Crippen molar-refractivity contribution in [3.63, 3.8) is 0 Å². The summed E-state index contributed by atoms with van der Waals surface area (Å²) in [6, 6.07) is 0.203. The summed E-state index contributed by atoms with van der Waals surface area (Å²) >= 11 is 0. The van der Waals surface area contributed by atoms with E-state index in [-0.39, 0.29) is 35.9 Å². The first-order valence-electron chi connectivity index (χ1n) is 6.57. The number of hydrogen-bond donors (Lipinski definition) is 3. The lowest BCUT2D eigenvalue weighted by molar-refractivity contribution is -0.123. The van der Waals surface area contributed by atoms with E-state index in [0.717, 1.165) is 25.3 Å². The van der Waals surface area contributed by atoms with Crippen LogP contribution in [0, 0.1) is 5.92 Å². The zero-order chi connectivity index (χ0) is 12.1. The number of guanidine groups is 1. The summed E-state index contributed by atoms with van der Waals surface area (Å²) in [5, 5.41) is 6.04. The Kier molecular flexibility index (Phi) is 6.73. The van der Waals surface area contributed by atoms with Gasteiger partial charge in [0.25, 0.3) is 0 Å². The van der Waals surface area contributed by atoms with E-state index in [1.165, 1.54) is 19.3 Å². The second-order valence-electron chi connectivity index (χ2n) is 5.06. The van der Waals surface area contributed by atoms with Crippen molar-refractivity contribution in [3.8, 4) is 0 Å². The lowest BCUT2D eigenvalue weighted by Gasteiger charge is -2.25. The first-order chi connectivity index (χ1) is 8.24. The fraction of sp³-hybridized carbons (Fsp3) is 0.833. The second-order valence-corrected chi connectivity index (χ2v) is 5.06. The highest BCUT2D eigenvalue weighted by Gasteiger charge is 2.18. The fourth-order valence-corrected chi connectivity index (χ4v) is 2.22. The molecule has 2 fully saturated rings. The topological polar surface area (TPSA) is 79.5 Å². The van der Waals surface area contributed by atoms with Gasteiger partial charge in [-0.2, -0.15) is 0 Å². The Morgan fingerprint density at radius 3 is 2.78 bits per heavy atom. The van der Waals surface area contributed by atoms with Gasteiger partial charge in [0, 0.05) is 25.6 Å². The van der Waals surface area contributed by atoms with Crippen LogP contribution in [-0.2, 0) is 4.79 Å². The number of amides is 1. The van der Waals surface area contributed by atoms with Crippen molar-refractivity contribution in [1.29, 1.82) is 0 Å². The number of rotatable bonds is 4. The number of hydrogen-bond acceptors (Lipinski definition) is 2. The van der Waals surface area contributed by atoms with E-state index in [9.17, 15) is 4.79 Å². The average Bonchev–Trinajstić information content (AvgIpc) is 2.24. The largest absolute Gasteiger partial charge is 0.370 e. The molecule has 1 saturated heterocycles. The Labute approximate surface area is 125 Å². The van der Waals surface area contributed by atoms with Gasteiger partial charge in [-0.15, -0.1) is 24.0 Å². The summed E-state index contributed by atoms with van der Waals surface area (Å²) in [5.74, 6) is 1.40. The second kappa shape index (κ2) is 7.81. The molecule has 1 heterocycles. The number of halogens is 1. The predicted molar refractivity (Wildman–Crippen MR) is 83.0 cm³/mol. The molecular weight excluding hydrogens is 343 g/mol. The molecule has 4 N–H and O–H groups in total. The Balaban J connectivity index is 0.00000162. The highest BCUT2D eigenvalue weighted by Crippen LogP contribution is 2.26. The highest BCUT2D eigenvalue weighted by atomic mass is 127. The van der Waals surface area contributed by atoms with Gasteiger partial charge in [0.1, 0.15) is 0 Å². The monoisotopic (exact) mass is 366 g/mol. The third-order valence-corrected chi connectivity index (χ3v) is 3.60. The molecule has 6 heteroatoms. The van der Waals surface area contributed by atoms with Crippen LogP contribution in [0.3, 0.4) is 0 Å². The quantitative estimate of drug-likeness (QED) is 0.394. The molecule has 0 bridgehead atoms. The minimum Gasteiger partial charge on any atom is -0.370 e. The van der Waals surface area contributed by atoms with Gasteiger partial charge in [-0.3, -0.25) is 9.79 Å². The van der Waals surface area contributed by atoms with Crippen molar-refractivity contribution < 1.29 is 4.79 Å². The molecule has 0 aromatic heterocycles. The SMILES string of the molecule is I.NC(=NCC1CCC1)NCC1CCCC(=O)N1. The van der Waals surface area contributed by atoms with Crippen LogP contribution in [0.4, 0.5) is 0 Å². The van der Waals surface area contributed by atoms with Gasteiger partial charge in [0.05, 0.1) is 0 Å². The van der Waals surface area contributed by atoms with Crippen LogP contribution in [0.2, 0.25) is 0 Å². The van der Waals surface area contributed by atoms with Gasteiger partial charge in [-0.1, -0.05) is 6.42 Å². The van der Waals surface area contributed by atoms with E-state index in [1.54, 1.807) is 0 Å². The van der Waals surface area contributed by atoms with Crippen molar-refractivity contribution in [2.75, 3.05) is 13.1 Å². The van der Waals surface area contributed by atoms with Crippen LogP contribution in [-0.4, -0.2) is 31.0 Å². The molecule has 1 unspecified atom stereocenters. The van der Waals surface area contributed by atoms with E-state index in [0.29, 0.717) is 18.9 Å². The lowest BCUT2D eigenvalue weighted by atomic mass is 9.86. The summed E-state index contributed by atoms with van der Waals surface area (Å²) in [6.45, 7) is 1.53. The highest BCUT2D eigenvalue weighted by molar-refractivity contribution is 14.0. The third kappa shape index (κ3) is 4.99. The smallest absolute Gasteiger partial charge is 0.220 e. The summed E-state index contributed by atoms with van der Waals surface area (Å²) in [7, 11) is 0. The number of nitrogens with one attached hydrogen (secondary N) is 2. The number of piperidine rings is 1. The van der Waals surface area contributed by atoms with Crippen molar-refractivity contribution in [2.45, 2.75) is 44.6 Å². The number of carbonyl (C=O) groups excluding carboxylic acids is 1. The van der Waals surface area contributed by atoms with E-state index in [1.807, 2.05) is 0 Å². The van der Waals surface area contributed by atoms with Gasteiger partial charge < -0.3 is 16.4 Å². The molecule has 1 aliphatic carbocycles. The zero-order valence-electron chi connectivity index (χ0n) is 10.7. The minimum atomic E-state index is 0. The van der Waals surface area contributed by atoms with Crippen molar-refractivity contribution in [2.24, 2.45) is 16.6 Å². The van der Waals surface area contributed by atoms with Gasteiger partial charge in [-0.05, 0) is 31.6 Å². The van der Waals surface area contributed by atoms with Crippen LogP contribution in [0.1, 0.15) is 38.5 Å². The molecule has 1 amide bonds. The van der Waals surface area contributed by atoms with E-state index in [2.05, 4.69) is 15.6 Å². The van der Waals surface area contributed by atoms with Crippen LogP contribution in [0.25, 0.3) is 0 Å². The van der Waals surface area contributed by atoms with Crippen molar-refractivity contribution in [3.05, 3.63) is 0 Å². The van der Waals surface area contributed by atoms with Gasteiger partial charge in [-0.25, -0.2) is 0 Å². The van der Waals surface area contributed by atoms with E-state index < -0.39 is 0 Å². The minimum absolute atomic E-state index is 0. The third-order valence-electron chi connectivity index (χ3n) is 3.60. The van der Waals surface area contributed by atoms with Gasteiger partial charge in [0.15, 0.2) is 5.96 Å². The molecule has 104 valence electrons. The molecule has 0 aromatic carbocycles. The molecule has 5 nitrogen and oxygen atoms in total. The molecule has 18 heavy (non-hydrogen) atoms. The maximum absolute atomic E-state index is 11.2. The first-order valence-corrected chi connectivity index (χ1v) is 6.57. The Hall–Kier alpha value is -0.530. The molecule has 1 atom stereocenters. The maximum atomic E-state index is 11.2. The predicted octanol–water partition coefficient (Wildman–Crippen LogP) is 0.978. The number of nitrogens with two attached hydrogens (primary N) is 1. The summed E-state index contributed by atoms with van der Waals surface area (Å²) < 4.78 is 0. The average molecular weight is 366 g/mol. The maximum Gasteiger partial charge on any atom is 0.220 e. The normalized spacial score (nSPS) is 24.8. The molecule has 0 radical (unpaired) electrons. The Morgan fingerprint density at radius 2 is 2.17 bits per heavy atom. The molecule has 1 saturated carbocycles. The molecule has 0 spiro atoms. The summed E-state index contributed by atoms with van der Waals surface area (Å²) in [4.78, 5) is 15.5. The van der Waals surface area contributed by atoms with Crippen LogP contribution >= 0.6 is 24.0 Å². The van der Waals surface area contributed by atoms with Crippen LogP contribution in [0.5, 0.6) is 0 Å². The van der Waals surface area contributed by atoms with Crippen molar-refractivity contribution in [1.82, 2.24) is 10.6 Å². The molecule has 2 rings (SSSR count).